The topological polar surface area (TPSA) is 86.1 Å². The molecular weight excluding hydrogens is 286 g/mol. The summed E-state index contributed by atoms with van der Waals surface area (Å²) < 4.78 is 16.7. The van der Waals surface area contributed by atoms with Crippen LogP contribution < -0.4 is 11.2 Å². The van der Waals surface area contributed by atoms with Crippen molar-refractivity contribution >= 4 is 6.09 Å². The molecule has 3 N–H and O–H groups in total. The first-order valence-corrected chi connectivity index (χ1v) is 7.43. The van der Waals surface area contributed by atoms with Crippen LogP contribution in [0.3, 0.4) is 0 Å². The van der Waals surface area contributed by atoms with Gasteiger partial charge in [0.2, 0.25) is 0 Å². The second-order valence-electron chi connectivity index (χ2n) is 5.54. The minimum atomic E-state index is -0.642. The Kier molecular flexibility index (Phi) is 4.58. The first-order chi connectivity index (χ1) is 10.7. The van der Waals surface area contributed by atoms with E-state index in [1.54, 1.807) is 5.01 Å². The molecule has 2 atom stereocenters. The summed E-state index contributed by atoms with van der Waals surface area (Å²) in [7, 11) is 0. The van der Waals surface area contributed by atoms with E-state index in [4.69, 9.17) is 19.9 Å². The number of carbonyl (C=O) groups excluding carboxylic acids is 1. The Balaban J connectivity index is 1.43. The fourth-order valence-electron chi connectivity index (χ4n) is 2.68. The van der Waals surface area contributed by atoms with Crippen molar-refractivity contribution in [1.29, 1.82) is 0 Å². The molecule has 2 unspecified atom stereocenters. The third-order valence-electron chi connectivity index (χ3n) is 3.83. The fraction of sp³-hybridized carbons (Fsp3) is 0.533. The number of nitrogens with zero attached hydrogens (tertiary/aromatic N) is 1. The van der Waals surface area contributed by atoms with Gasteiger partial charge in [-0.3, -0.25) is 5.43 Å². The minimum Gasteiger partial charge on any atom is -0.444 e. The van der Waals surface area contributed by atoms with Gasteiger partial charge in [0, 0.05) is 19.5 Å². The molecule has 1 spiro atoms. The SMILES string of the molecule is NCC1COC2(CCN(NC(=O)OCc3ccccc3)C2)O1. The molecule has 22 heavy (non-hydrogen) atoms. The summed E-state index contributed by atoms with van der Waals surface area (Å²) in [6.45, 7) is 2.31. The number of carbonyl (C=O) groups is 1. The second kappa shape index (κ2) is 6.62. The molecule has 0 aromatic heterocycles. The summed E-state index contributed by atoms with van der Waals surface area (Å²) in [5.41, 5.74) is 9.25. The van der Waals surface area contributed by atoms with Gasteiger partial charge in [-0.25, -0.2) is 9.80 Å². The Morgan fingerprint density at radius 3 is 3.00 bits per heavy atom. The molecule has 0 aliphatic carbocycles. The standard InChI is InChI=1S/C15H21N3O4/c16-8-13-10-21-15(22-13)6-7-18(11-15)17-14(19)20-9-12-4-2-1-3-5-12/h1-5,13H,6-11,16H2,(H,17,19). The number of hydrazine groups is 1. The van der Waals surface area contributed by atoms with Gasteiger partial charge in [0.05, 0.1) is 19.3 Å². The van der Waals surface area contributed by atoms with Crippen LogP contribution in [0, 0.1) is 0 Å². The van der Waals surface area contributed by atoms with Gasteiger partial charge in [0.25, 0.3) is 0 Å². The van der Waals surface area contributed by atoms with E-state index >= 15 is 0 Å². The first-order valence-electron chi connectivity index (χ1n) is 7.43. The zero-order chi connectivity index (χ0) is 15.4. The van der Waals surface area contributed by atoms with Gasteiger partial charge in [-0.1, -0.05) is 30.3 Å². The van der Waals surface area contributed by atoms with E-state index in [1.165, 1.54) is 0 Å². The summed E-state index contributed by atoms with van der Waals surface area (Å²) in [6.07, 6.45) is 0.155. The smallest absolute Gasteiger partial charge is 0.422 e. The third-order valence-corrected chi connectivity index (χ3v) is 3.83. The molecule has 0 bridgehead atoms. The van der Waals surface area contributed by atoms with Crippen LogP contribution in [-0.2, 0) is 20.8 Å². The van der Waals surface area contributed by atoms with Gasteiger partial charge < -0.3 is 19.9 Å². The predicted molar refractivity (Wildman–Crippen MR) is 78.6 cm³/mol. The third kappa shape index (κ3) is 3.56. The molecule has 7 heteroatoms. The number of rotatable bonds is 4. The Hall–Kier alpha value is -1.67. The monoisotopic (exact) mass is 307 g/mol. The van der Waals surface area contributed by atoms with Crippen LogP contribution in [0.25, 0.3) is 0 Å². The number of hydrogen-bond donors (Lipinski definition) is 2. The van der Waals surface area contributed by atoms with Crippen molar-refractivity contribution in [3.63, 3.8) is 0 Å². The van der Waals surface area contributed by atoms with Crippen molar-refractivity contribution in [2.24, 2.45) is 5.73 Å². The molecule has 1 aromatic carbocycles. The maximum absolute atomic E-state index is 11.8. The average molecular weight is 307 g/mol. The van der Waals surface area contributed by atoms with Crippen LogP contribution in [-0.4, -0.2) is 49.2 Å². The van der Waals surface area contributed by atoms with Gasteiger partial charge in [-0.05, 0) is 5.56 Å². The van der Waals surface area contributed by atoms with Gasteiger partial charge in [-0.2, -0.15) is 0 Å². The molecule has 2 fully saturated rings. The van der Waals surface area contributed by atoms with E-state index in [0.717, 1.165) is 5.56 Å². The van der Waals surface area contributed by atoms with Crippen molar-refractivity contribution in [3.8, 4) is 0 Å². The predicted octanol–water partition coefficient (Wildman–Crippen LogP) is 0.604. The van der Waals surface area contributed by atoms with Gasteiger partial charge in [0.1, 0.15) is 6.61 Å². The van der Waals surface area contributed by atoms with Crippen molar-refractivity contribution < 1.29 is 19.0 Å². The fourth-order valence-corrected chi connectivity index (χ4v) is 2.68. The van der Waals surface area contributed by atoms with Gasteiger partial charge in [-0.15, -0.1) is 0 Å². The van der Waals surface area contributed by atoms with E-state index in [-0.39, 0.29) is 12.7 Å². The van der Waals surface area contributed by atoms with E-state index in [2.05, 4.69) is 5.43 Å². The lowest BCUT2D eigenvalue weighted by Gasteiger charge is -2.23. The normalized spacial score (nSPS) is 28.1. The molecular formula is C15H21N3O4. The highest BCUT2D eigenvalue weighted by atomic mass is 16.7. The Morgan fingerprint density at radius 2 is 2.27 bits per heavy atom. The molecule has 120 valence electrons. The molecule has 1 aromatic rings. The summed E-state index contributed by atoms with van der Waals surface area (Å²) in [5.74, 6) is -0.642. The molecule has 7 nitrogen and oxygen atoms in total. The van der Waals surface area contributed by atoms with Crippen LogP contribution in [0.2, 0.25) is 0 Å². The van der Waals surface area contributed by atoms with Crippen molar-refractivity contribution in [2.75, 3.05) is 26.2 Å². The molecule has 2 heterocycles. The van der Waals surface area contributed by atoms with Crippen LogP contribution in [0.1, 0.15) is 12.0 Å². The number of nitrogens with one attached hydrogen (secondary N) is 1. The molecule has 0 radical (unpaired) electrons. The van der Waals surface area contributed by atoms with Crippen molar-refractivity contribution in [2.45, 2.75) is 24.9 Å². The Bertz CT molecular complexity index is 513. The molecule has 2 aliphatic heterocycles. The zero-order valence-electron chi connectivity index (χ0n) is 12.4. The highest BCUT2D eigenvalue weighted by Crippen LogP contribution is 2.32. The lowest BCUT2D eigenvalue weighted by molar-refractivity contribution is -0.157. The quantitative estimate of drug-likeness (QED) is 0.847. The van der Waals surface area contributed by atoms with E-state index in [9.17, 15) is 4.79 Å². The van der Waals surface area contributed by atoms with Crippen LogP contribution in [0.4, 0.5) is 4.79 Å². The number of benzene rings is 1. The summed E-state index contributed by atoms with van der Waals surface area (Å²) in [6, 6.07) is 9.55. The number of hydrogen-bond acceptors (Lipinski definition) is 6. The molecule has 1 amide bonds. The van der Waals surface area contributed by atoms with Gasteiger partial charge in [0.15, 0.2) is 5.79 Å². The number of amides is 1. The Morgan fingerprint density at radius 1 is 1.45 bits per heavy atom. The van der Waals surface area contributed by atoms with Gasteiger partial charge >= 0.3 is 6.09 Å². The number of nitrogens with two attached hydrogens (primary N) is 1. The zero-order valence-corrected chi connectivity index (χ0v) is 12.4. The summed E-state index contributed by atoms with van der Waals surface area (Å²) >= 11 is 0. The van der Waals surface area contributed by atoms with Crippen molar-refractivity contribution in [1.82, 2.24) is 10.4 Å². The maximum atomic E-state index is 11.8. The number of ether oxygens (including phenoxy) is 3. The van der Waals surface area contributed by atoms with Crippen molar-refractivity contribution in [3.05, 3.63) is 35.9 Å². The second-order valence-corrected chi connectivity index (χ2v) is 5.54. The molecule has 0 saturated carbocycles. The summed E-state index contributed by atoms with van der Waals surface area (Å²) in [4.78, 5) is 11.8. The van der Waals surface area contributed by atoms with Crippen LogP contribution in [0.15, 0.2) is 30.3 Å². The molecule has 3 rings (SSSR count). The average Bonchev–Trinajstić information content (AvgIpc) is 3.13. The van der Waals surface area contributed by atoms with E-state index < -0.39 is 11.9 Å². The lowest BCUT2D eigenvalue weighted by Crippen LogP contribution is -2.44. The molecule has 2 saturated heterocycles. The minimum absolute atomic E-state index is 0.0648. The van der Waals surface area contributed by atoms with E-state index in [1.807, 2.05) is 30.3 Å². The van der Waals surface area contributed by atoms with Crippen LogP contribution >= 0.6 is 0 Å². The first kappa shape index (κ1) is 15.2. The van der Waals surface area contributed by atoms with E-state index in [0.29, 0.717) is 32.7 Å². The summed E-state index contributed by atoms with van der Waals surface area (Å²) in [5, 5.41) is 1.76. The molecule has 2 aliphatic rings. The highest BCUT2D eigenvalue weighted by Gasteiger charge is 2.47. The van der Waals surface area contributed by atoms with Crippen LogP contribution in [0.5, 0.6) is 0 Å². The highest BCUT2D eigenvalue weighted by molar-refractivity contribution is 5.66. The maximum Gasteiger partial charge on any atom is 0.422 e. The Labute approximate surface area is 129 Å². The lowest BCUT2D eigenvalue weighted by atomic mass is 10.2. The largest absolute Gasteiger partial charge is 0.444 e.